The number of nitrogens with two attached hydrogens (primary N) is 1. The molecule has 0 aromatic carbocycles. The van der Waals surface area contributed by atoms with Crippen molar-refractivity contribution >= 4 is 17.5 Å². The fraction of sp³-hybridized carbons (Fsp3) is 0.100. The summed E-state index contributed by atoms with van der Waals surface area (Å²) in [5.74, 6) is -1.20. The van der Waals surface area contributed by atoms with E-state index >= 15 is 0 Å². The molecule has 0 fully saturated rings. The van der Waals surface area contributed by atoms with Gasteiger partial charge in [0, 0.05) is 6.20 Å². The molecule has 0 bridgehead atoms. The number of carbonyl (C=O) groups is 2. The van der Waals surface area contributed by atoms with E-state index in [0.717, 1.165) is 4.68 Å². The Labute approximate surface area is 106 Å². The first-order valence-corrected chi connectivity index (χ1v) is 5.24. The van der Waals surface area contributed by atoms with Crippen LogP contribution in [0.4, 0.5) is 5.69 Å². The first-order valence-electron chi connectivity index (χ1n) is 5.24. The zero-order valence-electron chi connectivity index (χ0n) is 9.66. The molecule has 0 saturated carbocycles. The molecule has 0 spiro atoms. The van der Waals surface area contributed by atoms with Gasteiger partial charge in [-0.2, -0.15) is 0 Å². The summed E-state index contributed by atoms with van der Waals surface area (Å²) in [4.78, 5) is 36.2. The van der Waals surface area contributed by atoms with Gasteiger partial charge in [0.1, 0.15) is 12.2 Å². The van der Waals surface area contributed by atoms with Crippen molar-refractivity contribution in [3.05, 3.63) is 40.6 Å². The Balaban J connectivity index is 2.12. The number of nitrogens with zero attached hydrogens (tertiary/aromatic N) is 3. The average Bonchev–Trinajstić information content (AvgIpc) is 2.79. The van der Waals surface area contributed by atoms with Gasteiger partial charge in [-0.15, -0.1) is 5.10 Å². The normalized spacial score (nSPS) is 10.1. The fourth-order valence-corrected chi connectivity index (χ4v) is 1.35. The first kappa shape index (κ1) is 12.5. The molecule has 0 aliphatic carbocycles. The number of pyridine rings is 1. The van der Waals surface area contributed by atoms with Crippen LogP contribution in [0.15, 0.2) is 29.3 Å². The Hall–Kier alpha value is -2.97. The summed E-state index contributed by atoms with van der Waals surface area (Å²) in [5, 5.41) is 9.51. The van der Waals surface area contributed by atoms with Gasteiger partial charge in [-0.1, -0.05) is 5.21 Å². The molecule has 0 atom stereocenters. The molecule has 2 aromatic heterocycles. The molecule has 9 heteroatoms. The first-order chi connectivity index (χ1) is 9.06. The predicted octanol–water partition coefficient (Wildman–Crippen LogP) is -1.30. The van der Waals surface area contributed by atoms with Crippen LogP contribution in [0.3, 0.4) is 0 Å². The van der Waals surface area contributed by atoms with Gasteiger partial charge in [0.05, 0.1) is 6.20 Å². The molecular weight excluding hydrogens is 252 g/mol. The van der Waals surface area contributed by atoms with Gasteiger partial charge < -0.3 is 16.0 Å². The number of carbonyl (C=O) groups excluding carboxylic acids is 2. The van der Waals surface area contributed by atoms with Crippen molar-refractivity contribution in [3.63, 3.8) is 0 Å². The molecule has 0 saturated heterocycles. The van der Waals surface area contributed by atoms with Crippen LogP contribution >= 0.6 is 0 Å². The van der Waals surface area contributed by atoms with E-state index in [4.69, 9.17) is 5.73 Å². The van der Waals surface area contributed by atoms with Crippen molar-refractivity contribution < 1.29 is 9.59 Å². The highest BCUT2D eigenvalue weighted by molar-refractivity contribution is 6.02. The lowest BCUT2D eigenvalue weighted by Gasteiger charge is -2.00. The Morgan fingerprint density at radius 1 is 1.47 bits per heavy atom. The van der Waals surface area contributed by atoms with Gasteiger partial charge in [-0.25, -0.2) is 4.68 Å². The molecule has 0 unspecified atom stereocenters. The third-order valence-electron chi connectivity index (χ3n) is 2.16. The van der Waals surface area contributed by atoms with E-state index in [2.05, 4.69) is 20.6 Å². The van der Waals surface area contributed by atoms with Crippen LogP contribution in [0.1, 0.15) is 10.5 Å². The SMILES string of the molecule is NC(=O)Cn1cc(C(=O)Nc2ccc[nH]c2=O)nn1. The summed E-state index contributed by atoms with van der Waals surface area (Å²) >= 11 is 0. The third kappa shape index (κ3) is 3.03. The van der Waals surface area contributed by atoms with E-state index in [1.165, 1.54) is 18.5 Å². The molecule has 4 N–H and O–H groups in total. The smallest absolute Gasteiger partial charge is 0.277 e. The van der Waals surface area contributed by atoms with Gasteiger partial charge in [0.2, 0.25) is 5.91 Å². The summed E-state index contributed by atoms with van der Waals surface area (Å²) < 4.78 is 1.13. The van der Waals surface area contributed by atoms with Crippen molar-refractivity contribution in [1.82, 2.24) is 20.0 Å². The zero-order chi connectivity index (χ0) is 13.8. The van der Waals surface area contributed by atoms with Gasteiger partial charge in [-0.05, 0) is 12.1 Å². The lowest BCUT2D eigenvalue weighted by atomic mass is 10.3. The Morgan fingerprint density at radius 3 is 2.95 bits per heavy atom. The van der Waals surface area contributed by atoms with E-state index in [-0.39, 0.29) is 17.9 Å². The highest BCUT2D eigenvalue weighted by atomic mass is 16.2. The number of nitrogens with one attached hydrogen (secondary N) is 2. The number of aromatic nitrogens is 4. The van der Waals surface area contributed by atoms with Crippen LogP contribution in [-0.2, 0) is 11.3 Å². The summed E-state index contributed by atoms with van der Waals surface area (Å²) in [5.41, 5.74) is 4.62. The number of H-pyrrole nitrogens is 1. The number of hydrogen-bond acceptors (Lipinski definition) is 5. The quantitative estimate of drug-likeness (QED) is 0.629. The number of primary amides is 1. The zero-order valence-corrected chi connectivity index (χ0v) is 9.66. The van der Waals surface area contributed by atoms with E-state index in [1.54, 1.807) is 6.07 Å². The molecule has 9 nitrogen and oxygen atoms in total. The molecular formula is C10H10N6O3. The van der Waals surface area contributed by atoms with Gasteiger partial charge in [-0.3, -0.25) is 14.4 Å². The maximum Gasteiger partial charge on any atom is 0.277 e. The number of aromatic amines is 1. The summed E-state index contributed by atoms with van der Waals surface area (Å²) in [6, 6.07) is 3.02. The molecule has 0 aliphatic heterocycles. The maximum atomic E-state index is 11.8. The second kappa shape index (κ2) is 5.12. The second-order valence-corrected chi connectivity index (χ2v) is 3.63. The molecule has 2 amide bonds. The Kier molecular flexibility index (Phi) is 3.37. The van der Waals surface area contributed by atoms with E-state index < -0.39 is 17.4 Å². The standard InChI is InChI=1S/C10H10N6O3/c11-8(17)5-16-4-7(14-15-16)10(19)13-6-2-1-3-12-9(6)18/h1-4H,5H2,(H2,11,17)(H,12,18)(H,13,19). The molecule has 0 aliphatic rings. The third-order valence-corrected chi connectivity index (χ3v) is 2.16. The number of anilines is 1. The van der Waals surface area contributed by atoms with Crippen LogP contribution in [-0.4, -0.2) is 31.8 Å². The van der Waals surface area contributed by atoms with Crippen molar-refractivity contribution in [2.24, 2.45) is 5.73 Å². The highest BCUT2D eigenvalue weighted by Gasteiger charge is 2.13. The highest BCUT2D eigenvalue weighted by Crippen LogP contribution is 2.01. The minimum Gasteiger partial charge on any atom is -0.368 e. The monoisotopic (exact) mass is 262 g/mol. The van der Waals surface area contributed by atoms with E-state index in [1.807, 2.05) is 0 Å². The lowest BCUT2D eigenvalue weighted by molar-refractivity contribution is -0.118. The Bertz CT molecular complexity index is 674. The molecule has 2 rings (SSSR count). The van der Waals surface area contributed by atoms with E-state index in [0.29, 0.717) is 0 Å². The molecule has 98 valence electrons. The van der Waals surface area contributed by atoms with Crippen LogP contribution in [0, 0.1) is 0 Å². The van der Waals surface area contributed by atoms with Crippen LogP contribution in [0.25, 0.3) is 0 Å². The van der Waals surface area contributed by atoms with Crippen molar-refractivity contribution in [2.75, 3.05) is 5.32 Å². The van der Waals surface area contributed by atoms with Gasteiger partial charge in [0.25, 0.3) is 11.5 Å². The van der Waals surface area contributed by atoms with Crippen LogP contribution < -0.4 is 16.6 Å². The van der Waals surface area contributed by atoms with Gasteiger partial charge in [0.15, 0.2) is 5.69 Å². The topological polar surface area (TPSA) is 136 Å². The molecule has 2 aromatic rings. The lowest BCUT2D eigenvalue weighted by Crippen LogP contribution is -2.20. The van der Waals surface area contributed by atoms with Crippen molar-refractivity contribution in [1.29, 1.82) is 0 Å². The predicted molar refractivity (Wildman–Crippen MR) is 64.2 cm³/mol. The Morgan fingerprint density at radius 2 is 2.26 bits per heavy atom. The molecule has 2 heterocycles. The van der Waals surface area contributed by atoms with Crippen LogP contribution in [0.2, 0.25) is 0 Å². The number of amides is 2. The number of rotatable bonds is 4. The minimum absolute atomic E-state index is 0.0236. The van der Waals surface area contributed by atoms with Gasteiger partial charge >= 0.3 is 0 Å². The summed E-state index contributed by atoms with van der Waals surface area (Å²) in [7, 11) is 0. The van der Waals surface area contributed by atoms with E-state index in [9.17, 15) is 14.4 Å². The minimum atomic E-state index is -0.604. The largest absolute Gasteiger partial charge is 0.368 e. The maximum absolute atomic E-state index is 11.8. The fourth-order valence-electron chi connectivity index (χ4n) is 1.35. The van der Waals surface area contributed by atoms with Crippen molar-refractivity contribution in [3.8, 4) is 0 Å². The average molecular weight is 262 g/mol. The van der Waals surface area contributed by atoms with Crippen molar-refractivity contribution in [2.45, 2.75) is 6.54 Å². The van der Waals surface area contributed by atoms with Crippen LogP contribution in [0.5, 0.6) is 0 Å². The second-order valence-electron chi connectivity index (χ2n) is 3.63. The summed E-state index contributed by atoms with van der Waals surface area (Å²) in [6.45, 7) is -0.174. The molecule has 19 heavy (non-hydrogen) atoms. The summed E-state index contributed by atoms with van der Waals surface area (Å²) in [6.07, 6.45) is 2.71. The molecule has 0 radical (unpaired) electrons. The number of hydrogen-bond donors (Lipinski definition) is 3.